The van der Waals surface area contributed by atoms with Gasteiger partial charge in [-0.25, -0.2) is 0 Å². The minimum absolute atomic E-state index is 0.129. The average molecular weight is 305 g/mol. The van der Waals surface area contributed by atoms with E-state index in [1.807, 2.05) is 24.3 Å². The van der Waals surface area contributed by atoms with E-state index in [-0.39, 0.29) is 6.04 Å². The van der Waals surface area contributed by atoms with Gasteiger partial charge in [-0.15, -0.1) is 0 Å². The Bertz CT molecular complexity index is 701. The fraction of sp³-hybridized carbons (Fsp3) is 0.333. The van der Waals surface area contributed by atoms with Crippen LogP contribution >= 0.6 is 0 Å². The lowest BCUT2D eigenvalue weighted by Crippen LogP contribution is -2.30. The zero-order valence-electron chi connectivity index (χ0n) is 13.3. The Labute approximate surface area is 137 Å². The van der Waals surface area contributed by atoms with Crippen molar-refractivity contribution in [2.75, 3.05) is 0 Å². The molecule has 1 fully saturated rings. The van der Waals surface area contributed by atoms with Crippen LogP contribution in [0, 0.1) is 0 Å². The van der Waals surface area contributed by atoms with Gasteiger partial charge in [0.25, 0.3) is 0 Å². The summed E-state index contributed by atoms with van der Waals surface area (Å²) in [5.74, 6) is 0. The fourth-order valence-electron chi connectivity index (χ4n) is 3.96. The van der Waals surface area contributed by atoms with Gasteiger partial charge in [0.15, 0.2) is 0 Å². The van der Waals surface area contributed by atoms with Crippen molar-refractivity contribution in [3.63, 3.8) is 0 Å². The van der Waals surface area contributed by atoms with Crippen LogP contribution < -0.4 is 5.32 Å². The normalized spacial score (nSPS) is 25.9. The lowest BCUT2D eigenvalue weighted by Gasteiger charge is -2.22. The van der Waals surface area contributed by atoms with Gasteiger partial charge in [-0.1, -0.05) is 73.5 Å². The molecule has 0 amide bonds. The molecule has 0 heterocycles. The first-order chi connectivity index (χ1) is 11.3. The Morgan fingerprint density at radius 3 is 2.26 bits per heavy atom. The van der Waals surface area contributed by atoms with Crippen molar-refractivity contribution < 1.29 is 5.11 Å². The molecule has 2 N–H and O–H groups in total. The van der Waals surface area contributed by atoms with Crippen LogP contribution in [-0.4, -0.2) is 11.1 Å². The number of fused-ring (bicyclic) bond motifs is 1. The molecule has 2 unspecified atom stereocenters. The highest BCUT2D eigenvalue weighted by atomic mass is 16.3. The molecule has 0 saturated heterocycles. The molecular formula is C21H23NO. The van der Waals surface area contributed by atoms with Gasteiger partial charge in [-0.05, 0) is 35.1 Å². The maximum Gasteiger partial charge on any atom is 0.103 e. The quantitative estimate of drug-likeness (QED) is 0.881. The largest absolute Gasteiger partial charge is 0.384 e. The van der Waals surface area contributed by atoms with E-state index in [0.29, 0.717) is 6.04 Å². The summed E-state index contributed by atoms with van der Waals surface area (Å²) in [5, 5.41) is 14.6. The van der Waals surface area contributed by atoms with Crippen LogP contribution in [0.25, 0.3) is 6.08 Å². The van der Waals surface area contributed by atoms with Crippen molar-refractivity contribution in [3.8, 4) is 0 Å². The minimum atomic E-state index is -0.509. The van der Waals surface area contributed by atoms with E-state index in [1.54, 1.807) is 0 Å². The number of benzene rings is 2. The molecule has 23 heavy (non-hydrogen) atoms. The number of hydrogen-bond acceptors (Lipinski definition) is 2. The number of hydrogen-bond donors (Lipinski definition) is 2. The van der Waals surface area contributed by atoms with E-state index in [1.165, 1.54) is 31.2 Å². The van der Waals surface area contributed by atoms with E-state index >= 15 is 0 Å². The molecule has 2 nitrogen and oxygen atoms in total. The summed E-state index contributed by atoms with van der Waals surface area (Å²) in [6.45, 7) is 0. The summed E-state index contributed by atoms with van der Waals surface area (Å²) in [4.78, 5) is 0. The lowest BCUT2D eigenvalue weighted by molar-refractivity contribution is 0.217. The summed E-state index contributed by atoms with van der Waals surface area (Å²) in [7, 11) is 0. The van der Waals surface area contributed by atoms with E-state index in [0.717, 1.165) is 16.7 Å². The molecule has 2 aromatic rings. The topological polar surface area (TPSA) is 32.3 Å². The van der Waals surface area contributed by atoms with Crippen molar-refractivity contribution in [2.45, 2.75) is 43.9 Å². The predicted molar refractivity (Wildman–Crippen MR) is 94.0 cm³/mol. The first-order valence-corrected chi connectivity index (χ1v) is 8.62. The predicted octanol–water partition coefficient (Wildman–Crippen LogP) is 4.39. The van der Waals surface area contributed by atoms with Gasteiger partial charge in [-0.3, -0.25) is 0 Å². The van der Waals surface area contributed by atoms with Crippen LogP contribution in [0.2, 0.25) is 0 Å². The first-order valence-electron chi connectivity index (χ1n) is 8.62. The number of aliphatic hydroxyl groups is 1. The van der Waals surface area contributed by atoms with Crippen LogP contribution in [0.15, 0.2) is 60.2 Å². The van der Waals surface area contributed by atoms with E-state index in [9.17, 15) is 5.11 Å². The molecule has 118 valence electrons. The highest BCUT2D eigenvalue weighted by molar-refractivity contribution is 5.61. The van der Waals surface area contributed by atoms with Gasteiger partial charge in [0.2, 0.25) is 0 Å². The zero-order valence-corrected chi connectivity index (χ0v) is 13.3. The second-order valence-electron chi connectivity index (χ2n) is 6.67. The zero-order chi connectivity index (χ0) is 15.6. The smallest absolute Gasteiger partial charge is 0.103 e. The maximum atomic E-state index is 10.8. The van der Waals surface area contributed by atoms with Crippen LogP contribution in [0.4, 0.5) is 0 Å². The van der Waals surface area contributed by atoms with Crippen molar-refractivity contribution >= 4 is 6.08 Å². The Morgan fingerprint density at radius 1 is 0.870 bits per heavy atom. The van der Waals surface area contributed by atoms with Crippen molar-refractivity contribution in [2.24, 2.45) is 0 Å². The van der Waals surface area contributed by atoms with Gasteiger partial charge in [0, 0.05) is 6.04 Å². The summed E-state index contributed by atoms with van der Waals surface area (Å²) in [6.07, 6.45) is 6.75. The van der Waals surface area contributed by atoms with Gasteiger partial charge < -0.3 is 10.4 Å². The Balaban J connectivity index is 1.72. The van der Waals surface area contributed by atoms with Crippen LogP contribution in [0.1, 0.15) is 54.5 Å². The molecular weight excluding hydrogens is 282 g/mol. The molecule has 2 atom stereocenters. The molecule has 0 bridgehead atoms. The van der Waals surface area contributed by atoms with Crippen molar-refractivity contribution in [3.05, 3.63) is 76.9 Å². The molecule has 1 saturated carbocycles. The van der Waals surface area contributed by atoms with E-state index < -0.39 is 6.10 Å². The molecule has 0 radical (unpaired) electrons. The number of nitrogens with one attached hydrogen (secondary N) is 1. The van der Waals surface area contributed by atoms with Gasteiger partial charge in [0.05, 0.1) is 6.04 Å². The van der Waals surface area contributed by atoms with Gasteiger partial charge in [0.1, 0.15) is 6.10 Å². The third-order valence-electron chi connectivity index (χ3n) is 5.14. The molecule has 2 heteroatoms. The average Bonchev–Trinajstić information content (AvgIpc) is 3.19. The van der Waals surface area contributed by atoms with Crippen molar-refractivity contribution in [1.29, 1.82) is 0 Å². The Kier molecular flexibility index (Phi) is 4.02. The summed E-state index contributed by atoms with van der Waals surface area (Å²) >= 11 is 0. The molecule has 2 aliphatic carbocycles. The minimum Gasteiger partial charge on any atom is -0.384 e. The van der Waals surface area contributed by atoms with E-state index in [2.05, 4.69) is 41.7 Å². The van der Waals surface area contributed by atoms with Gasteiger partial charge in [-0.2, -0.15) is 0 Å². The highest BCUT2D eigenvalue weighted by Crippen LogP contribution is 2.44. The maximum absolute atomic E-state index is 10.8. The standard InChI is InChI=1S/C21H23NO/c23-21-18-13-7-6-12-17(18)20(22-16-10-4-5-11-16)19(21)14-15-8-2-1-3-9-15/h1-3,6-9,12-14,16,20-23H,4-5,10-11H2/b19-14+. The molecule has 0 aliphatic heterocycles. The highest BCUT2D eigenvalue weighted by Gasteiger charge is 2.35. The Morgan fingerprint density at radius 2 is 1.52 bits per heavy atom. The third-order valence-corrected chi connectivity index (χ3v) is 5.14. The monoisotopic (exact) mass is 305 g/mol. The summed E-state index contributed by atoms with van der Waals surface area (Å²) in [6, 6.07) is 19.3. The molecule has 0 spiro atoms. The van der Waals surface area contributed by atoms with Crippen molar-refractivity contribution in [1.82, 2.24) is 5.32 Å². The SMILES string of the molecule is OC1/C(=C/c2ccccc2)C(NC2CCCC2)c2ccccc21. The first kappa shape index (κ1) is 14.7. The lowest BCUT2D eigenvalue weighted by atomic mass is 10.0. The van der Waals surface area contributed by atoms with E-state index in [4.69, 9.17) is 0 Å². The summed E-state index contributed by atoms with van der Waals surface area (Å²) < 4.78 is 0. The number of rotatable bonds is 3. The van der Waals surface area contributed by atoms with Crippen LogP contribution in [0.5, 0.6) is 0 Å². The molecule has 4 rings (SSSR count). The fourth-order valence-corrected chi connectivity index (χ4v) is 3.96. The second kappa shape index (κ2) is 6.31. The van der Waals surface area contributed by atoms with Crippen LogP contribution in [0.3, 0.4) is 0 Å². The Hall–Kier alpha value is -1.90. The number of aliphatic hydroxyl groups excluding tert-OH is 1. The van der Waals surface area contributed by atoms with Crippen LogP contribution in [-0.2, 0) is 0 Å². The third kappa shape index (κ3) is 2.85. The second-order valence-corrected chi connectivity index (χ2v) is 6.67. The molecule has 2 aromatic carbocycles. The molecule has 2 aliphatic rings. The molecule has 0 aromatic heterocycles. The summed E-state index contributed by atoms with van der Waals surface area (Å²) in [5.41, 5.74) is 4.50. The van der Waals surface area contributed by atoms with Gasteiger partial charge >= 0.3 is 0 Å².